The van der Waals surface area contributed by atoms with Crippen LogP contribution < -0.4 is 4.72 Å². The molecule has 0 radical (unpaired) electrons. The van der Waals surface area contributed by atoms with Crippen LogP contribution in [0, 0.1) is 5.92 Å². The summed E-state index contributed by atoms with van der Waals surface area (Å²) in [5, 5.41) is 10.2. The van der Waals surface area contributed by atoms with Crippen LogP contribution in [-0.4, -0.2) is 26.0 Å². The molecule has 2 N–H and O–H groups in total. The topological polar surface area (TPSA) is 83.5 Å². The summed E-state index contributed by atoms with van der Waals surface area (Å²) in [5.41, 5.74) is 0. The van der Waals surface area contributed by atoms with Gasteiger partial charge in [0.15, 0.2) is 0 Å². The molecule has 1 aromatic heterocycles. The molecule has 0 spiro atoms. The van der Waals surface area contributed by atoms with Gasteiger partial charge in [0.1, 0.15) is 4.21 Å². The van der Waals surface area contributed by atoms with Crippen LogP contribution in [0.1, 0.15) is 13.3 Å². The summed E-state index contributed by atoms with van der Waals surface area (Å²) in [6.45, 7) is 1.82. The maximum Gasteiger partial charge on any atom is 0.303 e. The molecule has 16 heavy (non-hydrogen) atoms. The van der Waals surface area contributed by atoms with Crippen molar-refractivity contribution < 1.29 is 18.3 Å². The number of hydrogen-bond donors (Lipinski definition) is 2. The van der Waals surface area contributed by atoms with E-state index in [-0.39, 0.29) is 23.1 Å². The van der Waals surface area contributed by atoms with Crippen LogP contribution in [0.5, 0.6) is 0 Å². The Labute approximate surface area is 98.2 Å². The zero-order valence-corrected chi connectivity index (χ0v) is 10.3. The molecule has 1 rings (SSSR count). The fourth-order valence-corrected chi connectivity index (χ4v) is 3.31. The van der Waals surface area contributed by atoms with Gasteiger partial charge in [0.2, 0.25) is 10.0 Å². The van der Waals surface area contributed by atoms with Gasteiger partial charge in [-0.15, -0.1) is 11.3 Å². The van der Waals surface area contributed by atoms with Gasteiger partial charge in [-0.05, 0) is 17.4 Å². The van der Waals surface area contributed by atoms with E-state index < -0.39 is 16.0 Å². The van der Waals surface area contributed by atoms with Crippen LogP contribution in [0.25, 0.3) is 0 Å². The van der Waals surface area contributed by atoms with Crippen molar-refractivity contribution in [3.63, 3.8) is 0 Å². The van der Waals surface area contributed by atoms with Crippen molar-refractivity contribution in [2.75, 3.05) is 6.54 Å². The summed E-state index contributed by atoms with van der Waals surface area (Å²) in [5.74, 6) is -1.16. The second kappa shape index (κ2) is 5.42. The number of carboxylic acids is 1. The first kappa shape index (κ1) is 13.1. The molecule has 0 saturated heterocycles. The molecule has 0 aliphatic rings. The van der Waals surface area contributed by atoms with Crippen molar-refractivity contribution in [3.05, 3.63) is 17.5 Å². The molecule has 1 heterocycles. The maximum absolute atomic E-state index is 11.6. The first-order valence-corrected chi connectivity index (χ1v) is 7.03. The lowest BCUT2D eigenvalue weighted by Crippen LogP contribution is -2.28. The monoisotopic (exact) mass is 263 g/mol. The standard InChI is InChI=1S/C9H13NO4S2/c1-7(5-8(11)12)6-10-16(13,14)9-3-2-4-15-9/h2-4,7,10H,5-6H2,1H3,(H,11,12). The molecule has 5 nitrogen and oxygen atoms in total. The number of rotatable bonds is 6. The minimum atomic E-state index is -3.47. The van der Waals surface area contributed by atoms with Crippen molar-refractivity contribution in [1.29, 1.82) is 0 Å². The average Bonchev–Trinajstić information content (AvgIpc) is 2.67. The van der Waals surface area contributed by atoms with Gasteiger partial charge < -0.3 is 5.11 Å². The molecule has 1 unspecified atom stereocenters. The van der Waals surface area contributed by atoms with Crippen LogP contribution >= 0.6 is 11.3 Å². The predicted octanol–water partition coefficient (Wildman–Crippen LogP) is 1.14. The first-order valence-electron chi connectivity index (χ1n) is 4.67. The van der Waals surface area contributed by atoms with E-state index in [4.69, 9.17) is 5.11 Å². The SMILES string of the molecule is CC(CNS(=O)(=O)c1cccs1)CC(=O)O. The van der Waals surface area contributed by atoms with Gasteiger partial charge in [-0.25, -0.2) is 13.1 Å². The number of aliphatic carboxylic acids is 1. The Morgan fingerprint density at radius 2 is 2.31 bits per heavy atom. The van der Waals surface area contributed by atoms with Crippen molar-refractivity contribution >= 4 is 27.3 Å². The van der Waals surface area contributed by atoms with E-state index in [0.717, 1.165) is 11.3 Å². The molecule has 90 valence electrons. The van der Waals surface area contributed by atoms with Crippen LogP contribution in [0.15, 0.2) is 21.7 Å². The molecule has 0 aliphatic carbocycles. The Morgan fingerprint density at radius 1 is 1.62 bits per heavy atom. The zero-order valence-electron chi connectivity index (χ0n) is 8.71. The smallest absolute Gasteiger partial charge is 0.303 e. The number of nitrogens with one attached hydrogen (secondary N) is 1. The minimum absolute atomic E-state index is 0.0487. The Kier molecular flexibility index (Phi) is 4.45. The van der Waals surface area contributed by atoms with Gasteiger partial charge in [0.05, 0.1) is 0 Å². The Morgan fingerprint density at radius 3 is 2.81 bits per heavy atom. The Hall–Kier alpha value is -0.920. The molecular formula is C9H13NO4S2. The maximum atomic E-state index is 11.6. The van der Waals surface area contributed by atoms with Crippen LogP contribution in [0.3, 0.4) is 0 Å². The van der Waals surface area contributed by atoms with E-state index in [1.807, 2.05) is 0 Å². The second-order valence-corrected chi connectivity index (χ2v) is 6.43. The molecule has 0 fully saturated rings. The third-order valence-electron chi connectivity index (χ3n) is 1.90. The lowest BCUT2D eigenvalue weighted by atomic mass is 10.1. The lowest BCUT2D eigenvalue weighted by molar-refractivity contribution is -0.137. The number of sulfonamides is 1. The van der Waals surface area contributed by atoms with Gasteiger partial charge >= 0.3 is 5.97 Å². The summed E-state index contributed by atoms with van der Waals surface area (Å²) >= 11 is 1.13. The largest absolute Gasteiger partial charge is 0.481 e. The van der Waals surface area contributed by atoms with Gasteiger partial charge in [0.25, 0.3) is 0 Å². The molecular weight excluding hydrogens is 250 g/mol. The summed E-state index contributed by atoms with van der Waals surface area (Å²) in [6.07, 6.45) is -0.0487. The third-order valence-corrected chi connectivity index (χ3v) is 4.73. The van der Waals surface area contributed by atoms with Gasteiger partial charge in [-0.1, -0.05) is 13.0 Å². The van der Waals surface area contributed by atoms with E-state index in [0.29, 0.717) is 0 Å². The minimum Gasteiger partial charge on any atom is -0.481 e. The molecule has 1 atom stereocenters. The van der Waals surface area contributed by atoms with E-state index in [1.54, 1.807) is 18.4 Å². The molecule has 0 saturated carbocycles. The van der Waals surface area contributed by atoms with Crippen LogP contribution in [0.4, 0.5) is 0 Å². The number of carboxylic acid groups (broad SMARTS) is 1. The predicted molar refractivity (Wildman–Crippen MR) is 60.9 cm³/mol. The van der Waals surface area contributed by atoms with Gasteiger partial charge in [0, 0.05) is 13.0 Å². The molecule has 0 amide bonds. The molecule has 0 bridgehead atoms. The highest BCUT2D eigenvalue weighted by atomic mass is 32.2. The molecule has 1 aromatic rings. The van der Waals surface area contributed by atoms with E-state index >= 15 is 0 Å². The fraction of sp³-hybridized carbons (Fsp3) is 0.444. The highest BCUT2D eigenvalue weighted by Gasteiger charge is 2.16. The van der Waals surface area contributed by atoms with Crippen molar-refractivity contribution in [2.45, 2.75) is 17.6 Å². The van der Waals surface area contributed by atoms with Crippen LogP contribution in [0.2, 0.25) is 0 Å². The Bertz CT molecular complexity index is 438. The van der Waals surface area contributed by atoms with E-state index in [2.05, 4.69) is 4.72 Å². The second-order valence-electron chi connectivity index (χ2n) is 3.49. The summed E-state index contributed by atoms with van der Waals surface area (Å²) in [6, 6.07) is 3.16. The van der Waals surface area contributed by atoms with Gasteiger partial charge in [-0.3, -0.25) is 4.79 Å². The normalized spacial score (nSPS) is 13.6. The first-order chi connectivity index (χ1) is 7.42. The van der Waals surface area contributed by atoms with Gasteiger partial charge in [-0.2, -0.15) is 0 Å². The fourth-order valence-electron chi connectivity index (χ4n) is 1.11. The molecule has 0 aliphatic heterocycles. The van der Waals surface area contributed by atoms with Crippen molar-refractivity contribution in [2.24, 2.45) is 5.92 Å². The zero-order chi connectivity index (χ0) is 12.2. The lowest BCUT2D eigenvalue weighted by Gasteiger charge is -2.09. The van der Waals surface area contributed by atoms with Crippen molar-refractivity contribution in [1.82, 2.24) is 4.72 Å². The third kappa shape index (κ3) is 3.92. The van der Waals surface area contributed by atoms with E-state index in [9.17, 15) is 13.2 Å². The quantitative estimate of drug-likeness (QED) is 0.806. The molecule has 7 heteroatoms. The number of carbonyl (C=O) groups is 1. The Balaban J connectivity index is 2.52. The molecule has 0 aromatic carbocycles. The van der Waals surface area contributed by atoms with Crippen LogP contribution in [-0.2, 0) is 14.8 Å². The van der Waals surface area contributed by atoms with E-state index in [1.165, 1.54) is 6.07 Å². The summed E-state index contributed by atoms with van der Waals surface area (Å²) in [4.78, 5) is 10.4. The highest BCUT2D eigenvalue weighted by Crippen LogP contribution is 2.15. The van der Waals surface area contributed by atoms with Crippen molar-refractivity contribution in [3.8, 4) is 0 Å². The number of hydrogen-bond acceptors (Lipinski definition) is 4. The average molecular weight is 263 g/mol. The summed E-state index contributed by atoms with van der Waals surface area (Å²) < 4.78 is 25.9. The number of thiophene rings is 1. The summed E-state index contributed by atoms with van der Waals surface area (Å²) in [7, 11) is -3.47. The highest BCUT2D eigenvalue weighted by molar-refractivity contribution is 7.91.